The maximum atomic E-state index is 11.5. The number of halogens is 2. The Morgan fingerprint density at radius 1 is 1.28 bits per heavy atom. The summed E-state index contributed by atoms with van der Waals surface area (Å²) in [6, 6.07) is 7.76. The van der Waals surface area contributed by atoms with Crippen molar-refractivity contribution < 1.29 is 9.53 Å². The molecule has 3 N–H and O–H groups in total. The second kappa shape index (κ2) is 12.3. The van der Waals surface area contributed by atoms with Crippen LogP contribution in [0, 0.1) is 5.92 Å². The molecule has 25 heavy (non-hydrogen) atoms. The third kappa shape index (κ3) is 9.29. The molecule has 0 spiro atoms. The molecule has 1 saturated carbocycles. The van der Waals surface area contributed by atoms with E-state index in [4.69, 9.17) is 4.74 Å². The first-order valence-corrected chi connectivity index (χ1v) is 9.16. The highest BCUT2D eigenvalue weighted by molar-refractivity contribution is 14.0. The van der Waals surface area contributed by atoms with Crippen molar-refractivity contribution in [1.29, 1.82) is 0 Å². The number of amides is 1. The quantitative estimate of drug-likeness (QED) is 0.201. The van der Waals surface area contributed by atoms with Gasteiger partial charge in [0.05, 0.1) is 13.1 Å². The zero-order valence-corrected chi connectivity index (χ0v) is 18.3. The maximum Gasteiger partial charge on any atom is 0.223 e. The topological polar surface area (TPSA) is 74.8 Å². The van der Waals surface area contributed by atoms with Gasteiger partial charge in [0.15, 0.2) is 5.96 Å². The number of guanidine groups is 1. The largest absolute Gasteiger partial charge is 0.492 e. The lowest BCUT2D eigenvalue weighted by molar-refractivity contribution is -0.122. The zero-order chi connectivity index (χ0) is 17.2. The molecule has 0 saturated heterocycles. The number of carbonyl (C=O) groups excluding carboxylic acids is 1. The lowest BCUT2D eigenvalue weighted by Crippen LogP contribution is -2.40. The van der Waals surface area contributed by atoms with Gasteiger partial charge in [-0.05, 0) is 38.0 Å². The van der Waals surface area contributed by atoms with E-state index in [0.29, 0.717) is 26.2 Å². The standard InChI is InChI=1S/C17H25BrN4O2.HI/c1-2-19-17(21-9-8-20-16(23)13-6-7-13)22-10-11-24-15-5-3-4-14(18)12-15;/h3-5,12-13H,2,6-11H2,1H3,(H,20,23)(H2,19,21,22);1H. The van der Waals surface area contributed by atoms with Crippen molar-refractivity contribution in [3.05, 3.63) is 28.7 Å². The van der Waals surface area contributed by atoms with E-state index in [9.17, 15) is 4.79 Å². The van der Waals surface area contributed by atoms with Crippen LogP contribution in [0.15, 0.2) is 33.7 Å². The molecule has 1 aromatic rings. The Bertz CT molecular complexity index is 567. The maximum absolute atomic E-state index is 11.5. The van der Waals surface area contributed by atoms with Gasteiger partial charge in [0, 0.05) is 23.5 Å². The van der Waals surface area contributed by atoms with Gasteiger partial charge in [-0.25, -0.2) is 0 Å². The third-order valence-electron chi connectivity index (χ3n) is 3.43. The number of nitrogens with zero attached hydrogens (tertiary/aromatic N) is 1. The van der Waals surface area contributed by atoms with Crippen molar-refractivity contribution in [2.45, 2.75) is 19.8 Å². The van der Waals surface area contributed by atoms with Crippen LogP contribution in [0.25, 0.3) is 0 Å². The summed E-state index contributed by atoms with van der Waals surface area (Å²) in [6.07, 6.45) is 2.05. The van der Waals surface area contributed by atoms with Crippen molar-refractivity contribution in [2.24, 2.45) is 10.9 Å². The first-order valence-electron chi connectivity index (χ1n) is 8.37. The van der Waals surface area contributed by atoms with Crippen molar-refractivity contribution >= 4 is 51.8 Å². The highest BCUT2D eigenvalue weighted by Gasteiger charge is 2.28. The average molecular weight is 525 g/mol. The molecule has 0 radical (unpaired) electrons. The van der Waals surface area contributed by atoms with Gasteiger partial charge in [0.25, 0.3) is 0 Å². The Hall–Kier alpha value is -1.03. The van der Waals surface area contributed by atoms with Gasteiger partial charge in [0.1, 0.15) is 12.4 Å². The molecule has 0 heterocycles. The fourth-order valence-electron chi connectivity index (χ4n) is 2.07. The monoisotopic (exact) mass is 524 g/mol. The molecule has 1 aliphatic carbocycles. The van der Waals surface area contributed by atoms with Crippen LogP contribution in [0.3, 0.4) is 0 Å². The number of ether oxygens (including phenoxy) is 1. The molecule has 6 nitrogen and oxygen atoms in total. The van der Waals surface area contributed by atoms with Crippen LogP contribution in [0.1, 0.15) is 19.8 Å². The van der Waals surface area contributed by atoms with Gasteiger partial charge in [-0.1, -0.05) is 22.0 Å². The Morgan fingerprint density at radius 2 is 2.08 bits per heavy atom. The van der Waals surface area contributed by atoms with Gasteiger partial charge in [-0.3, -0.25) is 9.79 Å². The Balaban J connectivity index is 0.00000312. The van der Waals surface area contributed by atoms with E-state index in [1.807, 2.05) is 31.2 Å². The number of hydrogen-bond donors (Lipinski definition) is 3. The molecule has 0 unspecified atom stereocenters. The van der Waals surface area contributed by atoms with Crippen molar-refractivity contribution in [3.8, 4) is 5.75 Å². The van der Waals surface area contributed by atoms with E-state index in [1.165, 1.54) is 0 Å². The Morgan fingerprint density at radius 3 is 2.76 bits per heavy atom. The molecular formula is C17H26BrIN4O2. The van der Waals surface area contributed by atoms with Crippen LogP contribution in [-0.4, -0.2) is 44.7 Å². The van der Waals surface area contributed by atoms with E-state index in [-0.39, 0.29) is 35.8 Å². The number of rotatable bonds is 9. The molecule has 0 aromatic heterocycles. The van der Waals surface area contributed by atoms with Crippen molar-refractivity contribution in [1.82, 2.24) is 16.0 Å². The van der Waals surface area contributed by atoms with Crippen LogP contribution in [-0.2, 0) is 4.79 Å². The number of carbonyl (C=O) groups is 1. The lowest BCUT2D eigenvalue weighted by atomic mass is 10.3. The minimum Gasteiger partial charge on any atom is -0.492 e. The molecule has 8 heteroatoms. The smallest absolute Gasteiger partial charge is 0.223 e. The number of hydrogen-bond acceptors (Lipinski definition) is 3. The Labute approximate surface area is 174 Å². The second-order valence-electron chi connectivity index (χ2n) is 5.56. The fraction of sp³-hybridized carbons (Fsp3) is 0.529. The van der Waals surface area contributed by atoms with Crippen LogP contribution in [0.5, 0.6) is 5.75 Å². The number of benzene rings is 1. The molecule has 140 valence electrons. The molecule has 0 aliphatic heterocycles. The minimum absolute atomic E-state index is 0. The van der Waals surface area contributed by atoms with E-state index in [0.717, 1.165) is 35.6 Å². The molecule has 2 rings (SSSR count). The lowest BCUT2D eigenvalue weighted by Gasteiger charge is -2.12. The van der Waals surface area contributed by atoms with Crippen LogP contribution < -0.4 is 20.7 Å². The van der Waals surface area contributed by atoms with Gasteiger partial charge in [-0.2, -0.15) is 0 Å². The van der Waals surface area contributed by atoms with E-state index in [2.05, 4.69) is 36.9 Å². The number of nitrogens with one attached hydrogen (secondary N) is 3. The predicted molar refractivity (Wildman–Crippen MR) is 115 cm³/mol. The summed E-state index contributed by atoms with van der Waals surface area (Å²) in [4.78, 5) is 16.0. The first kappa shape index (κ1) is 22.0. The minimum atomic E-state index is 0. The first-order chi connectivity index (χ1) is 11.7. The number of aliphatic imine (C=N–C) groups is 1. The Kier molecular flexibility index (Phi) is 10.9. The van der Waals surface area contributed by atoms with Crippen LogP contribution >= 0.6 is 39.9 Å². The third-order valence-corrected chi connectivity index (χ3v) is 3.93. The van der Waals surface area contributed by atoms with E-state index < -0.39 is 0 Å². The summed E-state index contributed by atoms with van der Waals surface area (Å²) in [7, 11) is 0. The molecule has 1 aliphatic rings. The SMILES string of the molecule is CCNC(=NCCNC(=O)C1CC1)NCCOc1cccc(Br)c1.I. The normalized spacial score (nSPS) is 13.6. The molecule has 1 aromatic carbocycles. The summed E-state index contributed by atoms with van der Waals surface area (Å²) in [5, 5.41) is 9.30. The van der Waals surface area contributed by atoms with Gasteiger partial charge in [0.2, 0.25) is 5.91 Å². The fourth-order valence-corrected chi connectivity index (χ4v) is 2.45. The molecule has 0 atom stereocenters. The molecule has 0 bridgehead atoms. The highest BCUT2D eigenvalue weighted by Crippen LogP contribution is 2.28. The average Bonchev–Trinajstić information content (AvgIpc) is 3.40. The van der Waals surface area contributed by atoms with Crippen molar-refractivity contribution in [3.63, 3.8) is 0 Å². The zero-order valence-electron chi connectivity index (χ0n) is 14.4. The predicted octanol–water partition coefficient (Wildman–Crippen LogP) is 2.53. The molecular weight excluding hydrogens is 499 g/mol. The van der Waals surface area contributed by atoms with Crippen LogP contribution in [0.4, 0.5) is 0 Å². The molecule has 1 amide bonds. The highest BCUT2D eigenvalue weighted by atomic mass is 127. The van der Waals surface area contributed by atoms with Crippen molar-refractivity contribution in [2.75, 3.05) is 32.8 Å². The summed E-state index contributed by atoms with van der Waals surface area (Å²) < 4.78 is 6.67. The van der Waals surface area contributed by atoms with E-state index >= 15 is 0 Å². The summed E-state index contributed by atoms with van der Waals surface area (Å²) in [5.74, 6) is 1.97. The van der Waals surface area contributed by atoms with Gasteiger partial charge < -0.3 is 20.7 Å². The van der Waals surface area contributed by atoms with E-state index in [1.54, 1.807) is 0 Å². The second-order valence-corrected chi connectivity index (χ2v) is 6.47. The van der Waals surface area contributed by atoms with Gasteiger partial charge in [-0.15, -0.1) is 24.0 Å². The van der Waals surface area contributed by atoms with Crippen LogP contribution in [0.2, 0.25) is 0 Å². The summed E-state index contributed by atoms with van der Waals surface area (Å²) in [6.45, 7) is 5.11. The summed E-state index contributed by atoms with van der Waals surface area (Å²) >= 11 is 3.42. The summed E-state index contributed by atoms with van der Waals surface area (Å²) in [5.41, 5.74) is 0. The van der Waals surface area contributed by atoms with Gasteiger partial charge >= 0.3 is 0 Å². The molecule has 1 fully saturated rings.